The van der Waals surface area contributed by atoms with Gasteiger partial charge < -0.3 is 19.7 Å². The van der Waals surface area contributed by atoms with Gasteiger partial charge in [0, 0.05) is 17.6 Å². The highest BCUT2D eigenvalue weighted by atomic mass is 35.5. The number of nitrogens with zero attached hydrogens (tertiary/aromatic N) is 1. The second-order valence-electron chi connectivity index (χ2n) is 8.07. The van der Waals surface area contributed by atoms with Gasteiger partial charge in [0.05, 0.1) is 7.11 Å². The largest absolute Gasteiger partial charge is 0.493 e. The van der Waals surface area contributed by atoms with Gasteiger partial charge in [-0.1, -0.05) is 61.2 Å². The van der Waals surface area contributed by atoms with E-state index >= 15 is 0 Å². The Labute approximate surface area is 194 Å². The van der Waals surface area contributed by atoms with Crippen molar-refractivity contribution in [2.75, 3.05) is 13.7 Å². The molecule has 0 aliphatic heterocycles. The van der Waals surface area contributed by atoms with Crippen molar-refractivity contribution < 1.29 is 19.1 Å². The highest BCUT2D eigenvalue weighted by Crippen LogP contribution is 2.26. The van der Waals surface area contributed by atoms with E-state index in [-0.39, 0.29) is 31.0 Å². The fourth-order valence-electron chi connectivity index (χ4n) is 3.92. The molecule has 3 rings (SSSR count). The fourth-order valence-corrected chi connectivity index (χ4v) is 4.12. The molecule has 0 heterocycles. The van der Waals surface area contributed by atoms with Gasteiger partial charge in [0.2, 0.25) is 5.91 Å². The molecular formula is C25H31ClN2O4. The lowest BCUT2D eigenvalue weighted by molar-refractivity contribution is -0.142. The topological polar surface area (TPSA) is 67.9 Å². The van der Waals surface area contributed by atoms with Crippen LogP contribution in [0.2, 0.25) is 5.02 Å². The summed E-state index contributed by atoms with van der Waals surface area (Å²) >= 11 is 6.34. The number of carbonyl (C=O) groups is 2. The van der Waals surface area contributed by atoms with Gasteiger partial charge in [-0.3, -0.25) is 9.59 Å². The molecule has 1 fully saturated rings. The lowest BCUT2D eigenvalue weighted by Crippen LogP contribution is -2.51. The van der Waals surface area contributed by atoms with Crippen LogP contribution in [0.5, 0.6) is 11.5 Å². The zero-order chi connectivity index (χ0) is 22.9. The van der Waals surface area contributed by atoms with E-state index in [0.29, 0.717) is 16.5 Å². The zero-order valence-electron chi connectivity index (χ0n) is 18.7. The Kier molecular flexibility index (Phi) is 8.80. The summed E-state index contributed by atoms with van der Waals surface area (Å²) in [5, 5.41) is 3.67. The summed E-state index contributed by atoms with van der Waals surface area (Å²) in [6.07, 6.45) is 5.41. The van der Waals surface area contributed by atoms with E-state index in [4.69, 9.17) is 21.1 Å². The van der Waals surface area contributed by atoms with Crippen LogP contribution in [0.1, 0.15) is 44.6 Å². The van der Waals surface area contributed by atoms with Gasteiger partial charge in [0.25, 0.3) is 5.91 Å². The van der Waals surface area contributed by atoms with Crippen LogP contribution >= 0.6 is 11.6 Å². The second kappa shape index (κ2) is 11.8. The van der Waals surface area contributed by atoms with Crippen LogP contribution in [0, 0.1) is 0 Å². The minimum Gasteiger partial charge on any atom is -0.493 e. The van der Waals surface area contributed by atoms with Crippen LogP contribution in [-0.2, 0) is 16.1 Å². The highest BCUT2D eigenvalue weighted by Gasteiger charge is 2.29. The molecule has 1 atom stereocenters. The Morgan fingerprint density at radius 3 is 2.41 bits per heavy atom. The highest BCUT2D eigenvalue weighted by molar-refractivity contribution is 6.31. The fraction of sp³-hybridized carbons (Fsp3) is 0.440. The van der Waals surface area contributed by atoms with Crippen molar-refractivity contribution in [1.29, 1.82) is 0 Å². The maximum absolute atomic E-state index is 13.2. The van der Waals surface area contributed by atoms with Gasteiger partial charge in [0.1, 0.15) is 6.04 Å². The molecule has 32 heavy (non-hydrogen) atoms. The number of nitrogens with one attached hydrogen (secondary N) is 1. The molecule has 2 aromatic carbocycles. The quantitative estimate of drug-likeness (QED) is 0.596. The third-order valence-corrected chi connectivity index (χ3v) is 6.21. The predicted molar refractivity (Wildman–Crippen MR) is 125 cm³/mol. The summed E-state index contributed by atoms with van der Waals surface area (Å²) in [5.41, 5.74) is 0.775. The van der Waals surface area contributed by atoms with Gasteiger partial charge >= 0.3 is 0 Å². The molecule has 7 heteroatoms. The van der Waals surface area contributed by atoms with E-state index in [1.165, 1.54) is 11.3 Å². The van der Waals surface area contributed by atoms with Crippen molar-refractivity contribution in [3.63, 3.8) is 0 Å². The van der Waals surface area contributed by atoms with E-state index in [1.807, 2.05) is 30.3 Å². The first-order valence-corrected chi connectivity index (χ1v) is 11.5. The Hall–Kier alpha value is -2.73. The standard InChI is InChI=1S/C25H31ClN2O4/c1-18(25(30)27-20-11-4-3-5-12-20)28(16-19-10-6-7-13-21(19)26)24(29)17-32-23-15-9-8-14-22(23)31-2/h6-10,13-15,18,20H,3-5,11-12,16-17H2,1-2H3,(H,27,30)/t18-/m1/s1. The third kappa shape index (κ3) is 6.39. The van der Waals surface area contributed by atoms with Crippen LogP contribution in [0.4, 0.5) is 0 Å². The Balaban J connectivity index is 1.73. The molecule has 0 bridgehead atoms. The molecule has 0 spiro atoms. The molecule has 1 saturated carbocycles. The summed E-state index contributed by atoms with van der Waals surface area (Å²) in [6.45, 7) is 1.74. The molecule has 1 aliphatic carbocycles. The van der Waals surface area contributed by atoms with E-state index in [0.717, 1.165) is 31.2 Å². The van der Waals surface area contributed by atoms with E-state index in [2.05, 4.69) is 5.32 Å². The minimum atomic E-state index is -0.665. The van der Waals surface area contributed by atoms with Crippen molar-refractivity contribution in [3.8, 4) is 11.5 Å². The number of rotatable bonds is 9. The number of para-hydroxylation sites is 2. The summed E-state index contributed by atoms with van der Waals surface area (Å²) in [5.74, 6) is 0.554. The van der Waals surface area contributed by atoms with Crippen molar-refractivity contribution >= 4 is 23.4 Å². The number of methoxy groups -OCH3 is 1. The van der Waals surface area contributed by atoms with Gasteiger partial charge in [0.15, 0.2) is 18.1 Å². The summed E-state index contributed by atoms with van der Waals surface area (Å²) in [4.78, 5) is 27.7. The van der Waals surface area contributed by atoms with Crippen LogP contribution in [0.15, 0.2) is 48.5 Å². The molecule has 0 aromatic heterocycles. The van der Waals surface area contributed by atoms with Gasteiger partial charge in [-0.2, -0.15) is 0 Å². The Morgan fingerprint density at radius 1 is 1.06 bits per heavy atom. The second-order valence-corrected chi connectivity index (χ2v) is 8.48. The molecule has 172 valence electrons. The van der Waals surface area contributed by atoms with Gasteiger partial charge in [-0.25, -0.2) is 0 Å². The molecule has 0 saturated heterocycles. The summed E-state index contributed by atoms with van der Waals surface area (Å²) in [6, 6.07) is 14.0. The predicted octanol–water partition coefficient (Wildman–Crippen LogP) is 4.59. The molecule has 2 amide bonds. The number of hydrogen-bond acceptors (Lipinski definition) is 4. The molecule has 0 radical (unpaired) electrons. The molecule has 1 N–H and O–H groups in total. The number of carbonyl (C=O) groups excluding carboxylic acids is 2. The van der Waals surface area contributed by atoms with Gasteiger partial charge in [-0.15, -0.1) is 0 Å². The zero-order valence-corrected chi connectivity index (χ0v) is 19.4. The van der Waals surface area contributed by atoms with Crippen LogP contribution in [0.3, 0.4) is 0 Å². The summed E-state index contributed by atoms with van der Waals surface area (Å²) in [7, 11) is 1.55. The normalized spacial score (nSPS) is 15.0. The van der Waals surface area contributed by atoms with Crippen molar-refractivity contribution in [3.05, 3.63) is 59.1 Å². The molecular weight excluding hydrogens is 428 g/mol. The lowest BCUT2D eigenvalue weighted by atomic mass is 9.95. The number of amides is 2. The van der Waals surface area contributed by atoms with E-state index in [1.54, 1.807) is 32.2 Å². The first-order valence-electron chi connectivity index (χ1n) is 11.1. The van der Waals surface area contributed by atoms with Crippen LogP contribution in [-0.4, -0.2) is 42.5 Å². The summed E-state index contributed by atoms with van der Waals surface area (Å²) < 4.78 is 11.0. The van der Waals surface area contributed by atoms with Crippen LogP contribution in [0.25, 0.3) is 0 Å². The number of halogens is 1. The lowest BCUT2D eigenvalue weighted by Gasteiger charge is -2.31. The first-order chi connectivity index (χ1) is 15.5. The average molecular weight is 459 g/mol. The number of hydrogen-bond donors (Lipinski definition) is 1. The van der Waals surface area contributed by atoms with Gasteiger partial charge in [-0.05, 0) is 43.5 Å². The van der Waals surface area contributed by atoms with Crippen LogP contribution < -0.4 is 14.8 Å². The maximum atomic E-state index is 13.2. The smallest absolute Gasteiger partial charge is 0.261 e. The first kappa shape index (κ1) is 23.9. The monoisotopic (exact) mass is 458 g/mol. The SMILES string of the molecule is COc1ccccc1OCC(=O)N(Cc1ccccc1Cl)[C@H](C)C(=O)NC1CCCCC1. The number of benzene rings is 2. The van der Waals surface area contributed by atoms with Crippen molar-refractivity contribution in [2.24, 2.45) is 0 Å². The van der Waals surface area contributed by atoms with Crippen molar-refractivity contribution in [1.82, 2.24) is 10.2 Å². The Bertz CT molecular complexity index is 914. The van der Waals surface area contributed by atoms with E-state index < -0.39 is 6.04 Å². The maximum Gasteiger partial charge on any atom is 0.261 e. The van der Waals surface area contributed by atoms with E-state index in [9.17, 15) is 9.59 Å². The third-order valence-electron chi connectivity index (χ3n) is 5.84. The number of ether oxygens (including phenoxy) is 2. The van der Waals surface area contributed by atoms with Crippen molar-refractivity contribution in [2.45, 2.75) is 57.7 Å². The average Bonchev–Trinajstić information content (AvgIpc) is 2.82. The molecule has 1 aliphatic rings. The molecule has 6 nitrogen and oxygen atoms in total. The minimum absolute atomic E-state index is 0.158. The molecule has 0 unspecified atom stereocenters. The molecule has 2 aromatic rings. The Morgan fingerprint density at radius 2 is 1.72 bits per heavy atom.